The highest BCUT2D eigenvalue weighted by atomic mass is 16.3. The fourth-order valence-corrected chi connectivity index (χ4v) is 1.69. The molecule has 1 aliphatic heterocycles. The van der Waals surface area contributed by atoms with Gasteiger partial charge < -0.3 is 10.0 Å². The van der Waals surface area contributed by atoms with Gasteiger partial charge in [0, 0.05) is 26.1 Å². The monoisotopic (exact) mass is 183 g/mol. The predicted molar refractivity (Wildman–Crippen MR) is 51.2 cm³/mol. The van der Waals surface area contributed by atoms with E-state index in [2.05, 4.69) is 6.58 Å². The van der Waals surface area contributed by atoms with Crippen LogP contribution in [-0.4, -0.2) is 35.6 Å². The second kappa shape index (κ2) is 5.02. The third-order valence-corrected chi connectivity index (χ3v) is 2.45. The number of carbonyl (C=O) groups is 1. The minimum atomic E-state index is 0.133. The minimum absolute atomic E-state index is 0.133. The lowest BCUT2D eigenvalue weighted by atomic mass is 9.99. The van der Waals surface area contributed by atoms with E-state index in [1.807, 2.05) is 4.90 Å². The number of carbonyl (C=O) groups excluding carboxylic acids is 1. The van der Waals surface area contributed by atoms with E-state index in [9.17, 15) is 4.79 Å². The van der Waals surface area contributed by atoms with Crippen molar-refractivity contribution in [1.82, 2.24) is 4.90 Å². The fourth-order valence-electron chi connectivity index (χ4n) is 1.69. The third-order valence-electron chi connectivity index (χ3n) is 2.45. The first kappa shape index (κ1) is 10.3. The van der Waals surface area contributed by atoms with Crippen molar-refractivity contribution >= 4 is 5.91 Å². The first-order valence-electron chi connectivity index (χ1n) is 4.77. The largest absolute Gasteiger partial charge is 0.396 e. The van der Waals surface area contributed by atoms with Crippen molar-refractivity contribution in [3.05, 3.63) is 12.7 Å². The van der Waals surface area contributed by atoms with Gasteiger partial charge >= 0.3 is 0 Å². The summed E-state index contributed by atoms with van der Waals surface area (Å²) in [6, 6.07) is 0. The number of aliphatic hydroxyl groups excluding tert-OH is 1. The van der Waals surface area contributed by atoms with Crippen LogP contribution in [0, 0.1) is 5.92 Å². The van der Waals surface area contributed by atoms with Gasteiger partial charge in [-0.05, 0) is 18.8 Å². The summed E-state index contributed by atoms with van der Waals surface area (Å²) in [5.41, 5.74) is 0. The summed E-state index contributed by atoms with van der Waals surface area (Å²) in [7, 11) is 0. The van der Waals surface area contributed by atoms with Gasteiger partial charge in [-0.3, -0.25) is 4.79 Å². The number of hydrogen-bond acceptors (Lipinski definition) is 2. The van der Waals surface area contributed by atoms with Crippen LogP contribution < -0.4 is 0 Å². The van der Waals surface area contributed by atoms with Crippen molar-refractivity contribution in [3.63, 3.8) is 0 Å². The molecule has 74 valence electrons. The van der Waals surface area contributed by atoms with Crippen LogP contribution in [0.3, 0.4) is 0 Å². The Labute approximate surface area is 79.0 Å². The average Bonchev–Trinajstić information content (AvgIpc) is 2.18. The molecule has 0 aromatic rings. The molecule has 1 aliphatic rings. The summed E-state index contributed by atoms with van der Waals surface area (Å²) < 4.78 is 0. The molecule has 0 aromatic heterocycles. The smallest absolute Gasteiger partial charge is 0.226 e. The summed E-state index contributed by atoms with van der Waals surface area (Å²) in [6.07, 6.45) is 4.09. The zero-order chi connectivity index (χ0) is 9.68. The summed E-state index contributed by atoms with van der Waals surface area (Å²) >= 11 is 0. The molecule has 0 bridgehead atoms. The molecule has 13 heavy (non-hydrogen) atoms. The van der Waals surface area contributed by atoms with Gasteiger partial charge in [-0.1, -0.05) is 6.08 Å². The molecular weight excluding hydrogens is 166 g/mol. The molecule has 1 fully saturated rings. The molecule has 1 atom stereocenters. The molecule has 1 N–H and O–H groups in total. The minimum Gasteiger partial charge on any atom is -0.396 e. The molecule has 1 saturated heterocycles. The van der Waals surface area contributed by atoms with Crippen LogP contribution in [0.15, 0.2) is 12.7 Å². The zero-order valence-corrected chi connectivity index (χ0v) is 7.91. The first-order chi connectivity index (χ1) is 6.27. The summed E-state index contributed by atoms with van der Waals surface area (Å²) in [5.74, 6) is 0.413. The quantitative estimate of drug-likeness (QED) is 0.657. The number of nitrogens with zero attached hydrogens (tertiary/aromatic N) is 1. The Bertz CT molecular complexity index is 191. The number of amides is 1. The Hall–Kier alpha value is -0.830. The second-order valence-corrected chi connectivity index (χ2v) is 3.52. The van der Waals surface area contributed by atoms with Gasteiger partial charge in [0.2, 0.25) is 5.91 Å². The molecule has 0 saturated carbocycles. The van der Waals surface area contributed by atoms with Crippen LogP contribution in [-0.2, 0) is 4.79 Å². The third kappa shape index (κ3) is 2.84. The molecule has 0 aliphatic carbocycles. The second-order valence-electron chi connectivity index (χ2n) is 3.52. The van der Waals surface area contributed by atoms with Gasteiger partial charge in [-0.25, -0.2) is 0 Å². The Morgan fingerprint density at radius 2 is 2.46 bits per heavy atom. The van der Waals surface area contributed by atoms with Crippen LogP contribution in [0.4, 0.5) is 0 Å². The topological polar surface area (TPSA) is 40.5 Å². The molecule has 0 spiro atoms. The van der Waals surface area contributed by atoms with E-state index < -0.39 is 0 Å². The Kier molecular flexibility index (Phi) is 3.96. The van der Waals surface area contributed by atoms with E-state index in [1.54, 1.807) is 6.08 Å². The van der Waals surface area contributed by atoms with E-state index in [1.165, 1.54) is 0 Å². The SMILES string of the molecule is C=CCC(=O)N1CCCC(CO)C1. The van der Waals surface area contributed by atoms with Crippen LogP contribution in [0.5, 0.6) is 0 Å². The molecule has 1 heterocycles. The van der Waals surface area contributed by atoms with Crippen molar-refractivity contribution in [2.45, 2.75) is 19.3 Å². The number of hydrogen-bond donors (Lipinski definition) is 1. The van der Waals surface area contributed by atoms with Gasteiger partial charge in [0.05, 0.1) is 0 Å². The van der Waals surface area contributed by atoms with Crippen molar-refractivity contribution in [3.8, 4) is 0 Å². The highest BCUT2D eigenvalue weighted by Gasteiger charge is 2.21. The van der Waals surface area contributed by atoms with Crippen LogP contribution in [0.25, 0.3) is 0 Å². The lowest BCUT2D eigenvalue weighted by Gasteiger charge is -2.31. The maximum atomic E-state index is 11.4. The predicted octanol–water partition coefficient (Wildman–Crippen LogP) is 0.793. The highest BCUT2D eigenvalue weighted by Crippen LogP contribution is 2.16. The van der Waals surface area contributed by atoms with Crippen molar-refractivity contribution in [2.75, 3.05) is 19.7 Å². The highest BCUT2D eigenvalue weighted by molar-refractivity contribution is 5.77. The Morgan fingerprint density at radius 1 is 1.69 bits per heavy atom. The molecule has 1 amide bonds. The van der Waals surface area contributed by atoms with Crippen molar-refractivity contribution in [1.29, 1.82) is 0 Å². The molecule has 3 nitrogen and oxygen atoms in total. The van der Waals surface area contributed by atoms with Gasteiger partial charge in [0.1, 0.15) is 0 Å². The van der Waals surface area contributed by atoms with E-state index in [0.717, 1.165) is 19.4 Å². The van der Waals surface area contributed by atoms with Crippen LogP contribution in [0.2, 0.25) is 0 Å². The molecular formula is C10H17NO2. The van der Waals surface area contributed by atoms with Crippen LogP contribution >= 0.6 is 0 Å². The Balaban J connectivity index is 2.41. The normalized spacial score (nSPS) is 22.8. The molecule has 1 unspecified atom stereocenters. The van der Waals surface area contributed by atoms with E-state index in [4.69, 9.17) is 5.11 Å². The number of likely N-dealkylation sites (tertiary alicyclic amines) is 1. The summed E-state index contributed by atoms with van der Waals surface area (Å²) in [5, 5.41) is 8.96. The van der Waals surface area contributed by atoms with Crippen molar-refractivity contribution < 1.29 is 9.90 Å². The van der Waals surface area contributed by atoms with Gasteiger partial charge in [0.25, 0.3) is 0 Å². The number of aliphatic hydroxyl groups is 1. The van der Waals surface area contributed by atoms with Crippen LogP contribution in [0.1, 0.15) is 19.3 Å². The summed E-state index contributed by atoms with van der Waals surface area (Å²) in [6.45, 7) is 5.28. The zero-order valence-electron chi connectivity index (χ0n) is 7.91. The van der Waals surface area contributed by atoms with Gasteiger partial charge in [-0.15, -0.1) is 6.58 Å². The van der Waals surface area contributed by atoms with E-state index >= 15 is 0 Å². The maximum Gasteiger partial charge on any atom is 0.226 e. The Morgan fingerprint density at radius 3 is 3.08 bits per heavy atom. The maximum absolute atomic E-state index is 11.4. The molecule has 0 radical (unpaired) electrons. The molecule has 0 aromatic carbocycles. The van der Waals surface area contributed by atoms with E-state index in [0.29, 0.717) is 13.0 Å². The van der Waals surface area contributed by atoms with E-state index in [-0.39, 0.29) is 18.4 Å². The van der Waals surface area contributed by atoms with Gasteiger partial charge in [0.15, 0.2) is 0 Å². The average molecular weight is 183 g/mol. The number of piperidine rings is 1. The first-order valence-corrected chi connectivity index (χ1v) is 4.77. The fraction of sp³-hybridized carbons (Fsp3) is 0.700. The lowest BCUT2D eigenvalue weighted by molar-refractivity contribution is -0.132. The van der Waals surface area contributed by atoms with Gasteiger partial charge in [-0.2, -0.15) is 0 Å². The molecule has 1 rings (SSSR count). The molecule has 3 heteroatoms. The lowest BCUT2D eigenvalue weighted by Crippen LogP contribution is -2.40. The number of rotatable bonds is 3. The summed E-state index contributed by atoms with van der Waals surface area (Å²) in [4.78, 5) is 13.3. The van der Waals surface area contributed by atoms with Crippen molar-refractivity contribution in [2.24, 2.45) is 5.92 Å². The standard InChI is InChI=1S/C10H17NO2/c1-2-4-10(13)11-6-3-5-9(7-11)8-12/h2,9,12H,1,3-8H2.